The average Bonchev–Trinajstić information content (AvgIpc) is 3.14. The maximum absolute atomic E-state index is 13.6. The molecule has 1 aliphatic carbocycles. The van der Waals surface area contributed by atoms with Gasteiger partial charge in [0.15, 0.2) is 0 Å². The smallest absolute Gasteiger partial charge is 0.256 e. The van der Waals surface area contributed by atoms with E-state index >= 15 is 0 Å². The Bertz CT molecular complexity index is 821. The van der Waals surface area contributed by atoms with E-state index in [4.69, 9.17) is 0 Å². The minimum Gasteiger partial charge on any atom is -0.363 e. The summed E-state index contributed by atoms with van der Waals surface area (Å²) in [7, 11) is 3.73. The number of carbonyl (C=O) groups excluding carboxylic acids is 1. The van der Waals surface area contributed by atoms with E-state index in [9.17, 15) is 13.6 Å². The van der Waals surface area contributed by atoms with Gasteiger partial charge in [-0.2, -0.15) is 0 Å². The number of likely N-dealkylation sites (tertiary alicyclic amines) is 1. The molecule has 0 N–H and O–H groups in total. The molecule has 2 aromatic rings. The molecule has 1 aliphatic heterocycles. The van der Waals surface area contributed by atoms with Gasteiger partial charge in [-0.15, -0.1) is 0 Å². The number of para-hydroxylation sites is 1. The van der Waals surface area contributed by atoms with Gasteiger partial charge in [-0.1, -0.05) is 18.2 Å². The second-order valence-corrected chi connectivity index (χ2v) is 6.87. The molecular formula is C18H19F2N3O. The Morgan fingerprint density at radius 1 is 1.29 bits per heavy atom. The molecular weight excluding hydrogens is 312 g/mol. The predicted octanol–water partition coefficient (Wildman–Crippen LogP) is 3.03. The average molecular weight is 331 g/mol. The molecule has 2 heterocycles. The largest absolute Gasteiger partial charge is 0.363 e. The first-order valence-electron chi connectivity index (χ1n) is 8.14. The van der Waals surface area contributed by atoms with Crippen molar-refractivity contribution >= 4 is 22.6 Å². The van der Waals surface area contributed by atoms with Gasteiger partial charge in [0.1, 0.15) is 5.82 Å². The van der Waals surface area contributed by atoms with Gasteiger partial charge in [0, 0.05) is 44.4 Å². The predicted molar refractivity (Wildman–Crippen MR) is 88.5 cm³/mol. The Kier molecular flexibility index (Phi) is 3.27. The normalized spacial score (nSPS) is 24.6. The number of pyridine rings is 1. The second kappa shape index (κ2) is 5.13. The number of hydrogen-bond donors (Lipinski definition) is 0. The minimum absolute atomic E-state index is 0.143. The number of anilines is 1. The summed E-state index contributed by atoms with van der Waals surface area (Å²) < 4.78 is 27.2. The van der Waals surface area contributed by atoms with Gasteiger partial charge in [0.05, 0.1) is 11.1 Å². The van der Waals surface area contributed by atoms with E-state index in [1.807, 2.05) is 43.3 Å². The number of piperidine rings is 1. The Morgan fingerprint density at radius 2 is 2.04 bits per heavy atom. The summed E-state index contributed by atoms with van der Waals surface area (Å²) in [6, 6.07) is 9.20. The third-order valence-electron chi connectivity index (χ3n) is 5.17. The lowest BCUT2D eigenvalue weighted by atomic mass is 10.1. The van der Waals surface area contributed by atoms with Crippen molar-refractivity contribution in [1.29, 1.82) is 0 Å². The zero-order valence-electron chi connectivity index (χ0n) is 13.7. The molecule has 0 radical (unpaired) electrons. The summed E-state index contributed by atoms with van der Waals surface area (Å²) in [5.74, 6) is -3.30. The number of fused-ring (bicyclic) bond motifs is 2. The molecule has 0 bridgehead atoms. The first-order valence-corrected chi connectivity index (χ1v) is 8.14. The molecule has 2 fully saturated rings. The molecule has 1 saturated carbocycles. The summed E-state index contributed by atoms with van der Waals surface area (Å²) in [6.45, 7) is 0.536. The third kappa shape index (κ3) is 2.24. The minimum atomic E-state index is -2.59. The molecule has 1 aromatic heterocycles. The van der Waals surface area contributed by atoms with Gasteiger partial charge in [-0.05, 0) is 18.6 Å². The lowest BCUT2D eigenvalue weighted by Crippen LogP contribution is -2.37. The van der Waals surface area contributed by atoms with Crippen LogP contribution in [0, 0.1) is 11.8 Å². The molecule has 2 atom stereocenters. The van der Waals surface area contributed by atoms with Crippen LogP contribution in [0.2, 0.25) is 0 Å². The van der Waals surface area contributed by atoms with E-state index < -0.39 is 17.8 Å². The van der Waals surface area contributed by atoms with Crippen LogP contribution in [-0.2, 0) is 0 Å². The lowest BCUT2D eigenvalue weighted by Gasteiger charge is -2.26. The zero-order valence-corrected chi connectivity index (χ0v) is 13.7. The maximum Gasteiger partial charge on any atom is 0.256 e. The fraction of sp³-hybridized carbons (Fsp3) is 0.444. The molecule has 0 spiro atoms. The van der Waals surface area contributed by atoms with E-state index in [-0.39, 0.29) is 12.5 Å². The molecule has 126 valence electrons. The molecule has 24 heavy (non-hydrogen) atoms. The number of benzene rings is 1. The number of nitrogens with zero attached hydrogens (tertiary/aromatic N) is 3. The summed E-state index contributed by atoms with van der Waals surface area (Å²) in [5, 5.41) is 0.762. The van der Waals surface area contributed by atoms with Gasteiger partial charge in [-0.25, -0.2) is 13.8 Å². The number of amides is 1. The van der Waals surface area contributed by atoms with Crippen LogP contribution in [-0.4, -0.2) is 48.9 Å². The molecule has 1 aromatic carbocycles. The second-order valence-electron chi connectivity index (χ2n) is 6.87. The number of aromatic nitrogens is 1. The quantitative estimate of drug-likeness (QED) is 0.849. The van der Waals surface area contributed by atoms with Crippen molar-refractivity contribution in [2.45, 2.75) is 12.3 Å². The topological polar surface area (TPSA) is 36.4 Å². The lowest BCUT2D eigenvalue weighted by molar-refractivity contribution is 0.0692. The number of hydrogen-bond acceptors (Lipinski definition) is 3. The molecule has 6 heteroatoms. The fourth-order valence-corrected chi connectivity index (χ4v) is 3.65. The van der Waals surface area contributed by atoms with Crippen molar-refractivity contribution in [3.63, 3.8) is 0 Å². The first-order chi connectivity index (χ1) is 11.4. The van der Waals surface area contributed by atoms with E-state index in [1.165, 1.54) is 0 Å². The van der Waals surface area contributed by atoms with Crippen molar-refractivity contribution < 1.29 is 13.6 Å². The number of halogens is 2. The Labute approximate surface area is 139 Å². The van der Waals surface area contributed by atoms with Crippen LogP contribution >= 0.6 is 0 Å². The van der Waals surface area contributed by atoms with E-state index in [0.717, 1.165) is 10.9 Å². The summed E-state index contributed by atoms with van der Waals surface area (Å²) >= 11 is 0. The SMILES string of the molecule is CN(C)c1cc(C(=O)N2CCC3C(C2)C3(F)F)c2ccccc2n1. The zero-order chi connectivity index (χ0) is 17.1. The monoisotopic (exact) mass is 331 g/mol. The van der Waals surface area contributed by atoms with E-state index in [1.54, 1.807) is 11.0 Å². The first kappa shape index (κ1) is 15.3. The van der Waals surface area contributed by atoms with Crippen LogP contribution in [0.5, 0.6) is 0 Å². The standard InChI is InChI=1S/C18H19F2N3O/c1-22(2)16-9-12(11-5-3-4-6-15(11)21-16)17(24)23-8-7-13-14(10-23)18(13,19)20/h3-6,9,13-14H,7-8,10H2,1-2H3. The van der Waals surface area contributed by atoms with Crippen LogP contribution in [0.25, 0.3) is 10.9 Å². The summed E-state index contributed by atoms with van der Waals surface area (Å²) in [6.07, 6.45) is 0.382. The van der Waals surface area contributed by atoms with Gasteiger partial charge < -0.3 is 9.80 Å². The van der Waals surface area contributed by atoms with Crippen molar-refractivity contribution in [3.8, 4) is 0 Å². The molecule has 1 saturated heterocycles. The molecule has 2 unspecified atom stereocenters. The van der Waals surface area contributed by atoms with Crippen molar-refractivity contribution in [1.82, 2.24) is 9.88 Å². The molecule has 4 rings (SSSR count). The highest BCUT2D eigenvalue weighted by Crippen LogP contribution is 2.59. The third-order valence-corrected chi connectivity index (χ3v) is 5.17. The number of rotatable bonds is 2. The number of carbonyl (C=O) groups is 1. The van der Waals surface area contributed by atoms with Crippen molar-refractivity contribution in [2.24, 2.45) is 11.8 Å². The van der Waals surface area contributed by atoms with Crippen molar-refractivity contribution in [2.75, 3.05) is 32.1 Å². The molecule has 4 nitrogen and oxygen atoms in total. The van der Waals surface area contributed by atoms with E-state index in [2.05, 4.69) is 4.98 Å². The maximum atomic E-state index is 13.6. The fourth-order valence-electron chi connectivity index (χ4n) is 3.65. The molecule has 1 amide bonds. The molecule has 2 aliphatic rings. The van der Waals surface area contributed by atoms with Crippen LogP contribution in [0.4, 0.5) is 14.6 Å². The Morgan fingerprint density at radius 3 is 2.75 bits per heavy atom. The highest BCUT2D eigenvalue weighted by Gasteiger charge is 2.69. The van der Waals surface area contributed by atoms with Crippen molar-refractivity contribution in [3.05, 3.63) is 35.9 Å². The summed E-state index contributed by atoms with van der Waals surface area (Å²) in [4.78, 5) is 21.0. The van der Waals surface area contributed by atoms with Gasteiger partial charge in [0.2, 0.25) is 0 Å². The number of alkyl halides is 2. The van der Waals surface area contributed by atoms with Gasteiger partial charge in [0.25, 0.3) is 11.8 Å². The Hall–Kier alpha value is -2.24. The van der Waals surface area contributed by atoms with Gasteiger partial charge in [-0.3, -0.25) is 4.79 Å². The van der Waals surface area contributed by atoms with Gasteiger partial charge >= 0.3 is 0 Å². The van der Waals surface area contributed by atoms with E-state index in [0.29, 0.717) is 24.3 Å². The Balaban J connectivity index is 1.71. The summed E-state index contributed by atoms with van der Waals surface area (Å²) in [5.41, 5.74) is 1.27. The van der Waals surface area contributed by atoms with Crippen LogP contribution < -0.4 is 4.90 Å². The highest BCUT2D eigenvalue weighted by atomic mass is 19.3. The highest BCUT2D eigenvalue weighted by molar-refractivity contribution is 6.07. The van der Waals surface area contributed by atoms with Crippen LogP contribution in [0.3, 0.4) is 0 Å². The van der Waals surface area contributed by atoms with Crippen LogP contribution in [0.1, 0.15) is 16.8 Å². The van der Waals surface area contributed by atoms with Crippen LogP contribution in [0.15, 0.2) is 30.3 Å².